The molecule has 1 aromatic heterocycles. The maximum atomic E-state index is 5.03. The van der Waals surface area contributed by atoms with E-state index in [1.807, 2.05) is 6.92 Å². The van der Waals surface area contributed by atoms with Crippen LogP contribution in [0.5, 0.6) is 0 Å². The third-order valence-electron chi connectivity index (χ3n) is 2.33. The minimum absolute atomic E-state index is 0.620. The first-order chi connectivity index (χ1) is 6.27. The summed E-state index contributed by atoms with van der Waals surface area (Å²) < 4.78 is 5.03. The summed E-state index contributed by atoms with van der Waals surface area (Å²) in [7, 11) is 0. The van der Waals surface area contributed by atoms with Crippen molar-refractivity contribution in [2.75, 3.05) is 0 Å². The van der Waals surface area contributed by atoms with E-state index in [0.29, 0.717) is 5.92 Å². The molecule has 0 aliphatic heterocycles. The Morgan fingerprint density at radius 3 is 3.00 bits per heavy atom. The molecule has 1 heterocycles. The van der Waals surface area contributed by atoms with Gasteiger partial charge in [0.1, 0.15) is 5.76 Å². The van der Waals surface area contributed by atoms with Crippen LogP contribution in [0, 0.1) is 12.8 Å². The highest BCUT2D eigenvalue weighted by atomic mass is 16.5. The molecule has 2 heteroatoms. The molecule has 1 aromatic rings. The molecule has 0 amide bonds. The molecule has 0 fully saturated rings. The zero-order valence-corrected chi connectivity index (χ0v) is 7.95. The Balaban J connectivity index is 2.36. The van der Waals surface area contributed by atoms with E-state index in [0.717, 1.165) is 17.7 Å². The molecule has 0 saturated heterocycles. The number of rotatable bonds is 1. The van der Waals surface area contributed by atoms with Crippen molar-refractivity contribution in [2.24, 2.45) is 5.92 Å². The second-order valence-corrected chi connectivity index (χ2v) is 3.53. The van der Waals surface area contributed by atoms with E-state index in [-0.39, 0.29) is 0 Å². The molecule has 0 radical (unpaired) electrons. The van der Waals surface area contributed by atoms with Gasteiger partial charge >= 0.3 is 0 Å². The van der Waals surface area contributed by atoms with Gasteiger partial charge in [-0.3, -0.25) is 0 Å². The van der Waals surface area contributed by atoms with Gasteiger partial charge in [0, 0.05) is 5.56 Å². The van der Waals surface area contributed by atoms with Crippen LogP contribution in [0.2, 0.25) is 0 Å². The molecule has 68 valence electrons. The van der Waals surface area contributed by atoms with Gasteiger partial charge in [-0.1, -0.05) is 30.3 Å². The van der Waals surface area contributed by atoms with Crippen LogP contribution < -0.4 is 0 Å². The summed E-state index contributed by atoms with van der Waals surface area (Å²) in [6.45, 7) is 4.16. The van der Waals surface area contributed by atoms with Gasteiger partial charge in [-0.15, -0.1) is 0 Å². The number of nitrogens with zero attached hydrogens (tertiary/aromatic N) is 1. The van der Waals surface area contributed by atoms with Crippen LogP contribution in [0.15, 0.2) is 28.9 Å². The number of aromatic nitrogens is 1. The van der Waals surface area contributed by atoms with Crippen LogP contribution in [0.4, 0.5) is 0 Å². The first-order valence-corrected chi connectivity index (χ1v) is 4.57. The van der Waals surface area contributed by atoms with Crippen molar-refractivity contribution >= 4 is 5.57 Å². The van der Waals surface area contributed by atoms with Crippen molar-refractivity contribution in [1.29, 1.82) is 0 Å². The standard InChI is InChI=1S/C11H13NO/c1-8-4-3-5-10(6-8)11-7-12-13-9(11)2/h3,5-8H,4H2,1-2H3. The quantitative estimate of drug-likeness (QED) is 0.655. The monoisotopic (exact) mass is 175 g/mol. The van der Waals surface area contributed by atoms with Crippen LogP contribution >= 0.6 is 0 Å². The maximum absolute atomic E-state index is 5.03. The van der Waals surface area contributed by atoms with Crippen LogP contribution in [0.25, 0.3) is 5.57 Å². The van der Waals surface area contributed by atoms with Crippen molar-refractivity contribution in [3.8, 4) is 0 Å². The lowest BCUT2D eigenvalue weighted by atomic mass is 9.94. The van der Waals surface area contributed by atoms with Gasteiger partial charge in [-0.05, 0) is 24.8 Å². The molecule has 0 bridgehead atoms. The van der Waals surface area contributed by atoms with Crippen molar-refractivity contribution in [3.63, 3.8) is 0 Å². The summed E-state index contributed by atoms with van der Waals surface area (Å²) >= 11 is 0. The fraction of sp³-hybridized carbons (Fsp3) is 0.364. The van der Waals surface area contributed by atoms with Gasteiger partial charge in [0.15, 0.2) is 0 Å². The Kier molecular flexibility index (Phi) is 2.05. The zero-order valence-electron chi connectivity index (χ0n) is 7.95. The topological polar surface area (TPSA) is 26.0 Å². The molecule has 0 saturated carbocycles. The summed E-state index contributed by atoms with van der Waals surface area (Å²) in [6, 6.07) is 0. The average molecular weight is 175 g/mol. The largest absolute Gasteiger partial charge is 0.361 e. The molecule has 2 nitrogen and oxygen atoms in total. The van der Waals surface area contributed by atoms with Crippen molar-refractivity contribution < 1.29 is 4.52 Å². The molecular formula is C11H13NO. The molecule has 1 atom stereocenters. The third kappa shape index (κ3) is 1.57. The number of allylic oxidation sites excluding steroid dienone is 4. The van der Waals surface area contributed by atoms with Crippen molar-refractivity contribution in [2.45, 2.75) is 20.3 Å². The predicted octanol–water partition coefficient (Wildman–Crippen LogP) is 2.96. The lowest BCUT2D eigenvalue weighted by Gasteiger charge is -2.10. The molecule has 0 spiro atoms. The van der Waals surface area contributed by atoms with Gasteiger partial charge in [-0.2, -0.15) is 0 Å². The summed E-state index contributed by atoms with van der Waals surface area (Å²) in [5.74, 6) is 1.51. The van der Waals surface area contributed by atoms with E-state index in [1.165, 1.54) is 5.57 Å². The van der Waals surface area contributed by atoms with E-state index >= 15 is 0 Å². The Labute approximate surface area is 77.9 Å². The first-order valence-electron chi connectivity index (χ1n) is 4.57. The molecule has 1 aliphatic rings. The highest BCUT2D eigenvalue weighted by molar-refractivity contribution is 5.75. The fourth-order valence-corrected chi connectivity index (χ4v) is 1.60. The highest BCUT2D eigenvalue weighted by Gasteiger charge is 2.10. The molecule has 13 heavy (non-hydrogen) atoms. The Morgan fingerprint density at radius 1 is 1.54 bits per heavy atom. The predicted molar refractivity (Wildman–Crippen MR) is 52.1 cm³/mol. The Hall–Kier alpha value is -1.31. The van der Waals surface area contributed by atoms with Crippen molar-refractivity contribution in [1.82, 2.24) is 5.16 Å². The van der Waals surface area contributed by atoms with Gasteiger partial charge in [0.05, 0.1) is 6.20 Å². The van der Waals surface area contributed by atoms with E-state index in [9.17, 15) is 0 Å². The average Bonchev–Trinajstić information content (AvgIpc) is 2.51. The summed E-state index contributed by atoms with van der Waals surface area (Å²) in [5.41, 5.74) is 2.35. The summed E-state index contributed by atoms with van der Waals surface area (Å²) in [6.07, 6.45) is 9.52. The minimum Gasteiger partial charge on any atom is -0.361 e. The SMILES string of the molecule is Cc1oncc1C1=CC(C)CC=C1. The van der Waals surface area contributed by atoms with Gasteiger partial charge in [-0.25, -0.2) is 0 Å². The molecule has 1 aliphatic carbocycles. The fourth-order valence-electron chi connectivity index (χ4n) is 1.60. The number of hydrogen-bond acceptors (Lipinski definition) is 2. The van der Waals surface area contributed by atoms with Gasteiger partial charge in [0.25, 0.3) is 0 Å². The van der Waals surface area contributed by atoms with Crippen LogP contribution in [-0.4, -0.2) is 5.16 Å². The van der Waals surface area contributed by atoms with E-state index in [2.05, 4.69) is 30.3 Å². The highest BCUT2D eigenvalue weighted by Crippen LogP contribution is 2.26. The van der Waals surface area contributed by atoms with Gasteiger partial charge < -0.3 is 4.52 Å². The van der Waals surface area contributed by atoms with E-state index in [1.54, 1.807) is 6.20 Å². The zero-order chi connectivity index (χ0) is 9.26. The number of hydrogen-bond donors (Lipinski definition) is 0. The van der Waals surface area contributed by atoms with Crippen molar-refractivity contribution in [3.05, 3.63) is 35.7 Å². The molecule has 0 N–H and O–H groups in total. The summed E-state index contributed by atoms with van der Waals surface area (Å²) in [5, 5.41) is 3.77. The number of aryl methyl sites for hydroxylation is 1. The van der Waals surface area contributed by atoms with E-state index in [4.69, 9.17) is 4.52 Å². The molecule has 0 aromatic carbocycles. The molecular weight excluding hydrogens is 162 g/mol. The smallest absolute Gasteiger partial charge is 0.141 e. The lowest BCUT2D eigenvalue weighted by molar-refractivity contribution is 0.397. The second kappa shape index (κ2) is 3.21. The van der Waals surface area contributed by atoms with Gasteiger partial charge in [0.2, 0.25) is 0 Å². The van der Waals surface area contributed by atoms with Crippen LogP contribution in [0.1, 0.15) is 24.7 Å². The lowest BCUT2D eigenvalue weighted by Crippen LogP contribution is -1.94. The Morgan fingerprint density at radius 2 is 2.38 bits per heavy atom. The second-order valence-electron chi connectivity index (χ2n) is 3.53. The van der Waals surface area contributed by atoms with Crippen LogP contribution in [-0.2, 0) is 0 Å². The molecule has 2 rings (SSSR count). The minimum atomic E-state index is 0.620. The summed E-state index contributed by atoms with van der Waals surface area (Å²) in [4.78, 5) is 0. The first kappa shape index (κ1) is 8.30. The van der Waals surface area contributed by atoms with Crippen LogP contribution in [0.3, 0.4) is 0 Å². The molecule has 1 unspecified atom stereocenters. The third-order valence-corrected chi connectivity index (χ3v) is 2.33. The maximum Gasteiger partial charge on any atom is 0.141 e. The van der Waals surface area contributed by atoms with E-state index < -0.39 is 0 Å². The Bertz CT molecular complexity index is 360. The normalized spacial score (nSPS) is 21.7.